The number of unbranched alkanes of at least 4 members (excludes halogenated alkanes) is 5. The van der Waals surface area contributed by atoms with Crippen molar-refractivity contribution >= 4 is 23.0 Å². The molecule has 0 saturated carbocycles. The summed E-state index contributed by atoms with van der Waals surface area (Å²) in [5, 5.41) is 11.5. The molecule has 0 N–H and O–H groups in total. The second-order valence-corrected chi connectivity index (χ2v) is 8.85. The normalized spacial score (nSPS) is 10.9. The lowest BCUT2D eigenvalue weighted by molar-refractivity contribution is 0.0497. The van der Waals surface area contributed by atoms with Crippen LogP contribution in [-0.4, -0.2) is 19.2 Å². The number of hydrogen-bond donors (Lipinski definition) is 0. The summed E-state index contributed by atoms with van der Waals surface area (Å²) in [7, 11) is 0. The Balaban J connectivity index is 1.26. The first kappa shape index (κ1) is 27.7. The van der Waals surface area contributed by atoms with Crippen LogP contribution in [0.1, 0.15) is 67.8 Å². The van der Waals surface area contributed by atoms with Crippen LogP contribution in [0.2, 0.25) is 0 Å². The molecule has 0 aliphatic rings. The fourth-order valence-corrected chi connectivity index (χ4v) is 3.69. The van der Waals surface area contributed by atoms with Crippen LogP contribution >= 0.6 is 0 Å². The SMILES string of the molecule is CCCCCc1ccc(N=Nc2ccc(OCCCCCCOC(=O)c3ccc(N=O)cc3)cc2)cc1. The molecule has 3 aromatic rings. The highest BCUT2D eigenvalue weighted by atomic mass is 16.5. The summed E-state index contributed by atoms with van der Waals surface area (Å²) in [6.45, 7) is 3.21. The van der Waals surface area contributed by atoms with E-state index in [4.69, 9.17) is 9.47 Å². The average molecular weight is 502 g/mol. The number of carbonyl (C=O) groups excluding carboxylic acids is 1. The van der Waals surface area contributed by atoms with Gasteiger partial charge in [0.2, 0.25) is 0 Å². The molecule has 0 radical (unpaired) electrons. The highest BCUT2D eigenvalue weighted by Gasteiger charge is 2.06. The van der Waals surface area contributed by atoms with E-state index in [0.29, 0.717) is 18.8 Å². The van der Waals surface area contributed by atoms with Crippen LogP contribution < -0.4 is 4.74 Å². The number of nitrogens with zero attached hydrogens (tertiary/aromatic N) is 3. The molecule has 0 fully saturated rings. The number of hydrogen-bond acceptors (Lipinski definition) is 7. The van der Waals surface area contributed by atoms with Gasteiger partial charge in [0, 0.05) is 0 Å². The van der Waals surface area contributed by atoms with Crippen LogP contribution in [0, 0.1) is 4.91 Å². The lowest BCUT2D eigenvalue weighted by atomic mass is 10.1. The molecule has 0 unspecified atom stereocenters. The Labute approximate surface area is 218 Å². The second-order valence-electron chi connectivity index (χ2n) is 8.85. The summed E-state index contributed by atoms with van der Waals surface area (Å²) < 4.78 is 11.1. The van der Waals surface area contributed by atoms with Crippen molar-refractivity contribution < 1.29 is 14.3 Å². The average Bonchev–Trinajstić information content (AvgIpc) is 2.94. The number of ether oxygens (including phenoxy) is 2. The summed E-state index contributed by atoms with van der Waals surface area (Å²) in [6.07, 6.45) is 8.48. The number of esters is 1. The van der Waals surface area contributed by atoms with Crippen molar-refractivity contribution in [3.8, 4) is 5.75 Å². The first-order valence-corrected chi connectivity index (χ1v) is 13.0. The maximum absolute atomic E-state index is 12.0. The molecule has 7 nitrogen and oxygen atoms in total. The molecule has 3 aromatic carbocycles. The van der Waals surface area contributed by atoms with Crippen molar-refractivity contribution in [3.63, 3.8) is 0 Å². The smallest absolute Gasteiger partial charge is 0.338 e. The van der Waals surface area contributed by atoms with E-state index < -0.39 is 0 Å². The van der Waals surface area contributed by atoms with Crippen molar-refractivity contribution in [2.24, 2.45) is 15.4 Å². The Bertz CT molecular complexity index is 1110. The summed E-state index contributed by atoms with van der Waals surface area (Å²) in [6, 6.07) is 22.0. The van der Waals surface area contributed by atoms with Gasteiger partial charge in [-0.2, -0.15) is 10.2 Å². The molecular weight excluding hydrogens is 466 g/mol. The monoisotopic (exact) mass is 501 g/mol. The van der Waals surface area contributed by atoms with Gasteiger partial charge in [0.25, 0.3) is 0 Å². The van der Waals surface area contributed by atoms with E-state index >= 15 is 0 Å². The lowest BCUT2D eigenvalue weighted by Crippen LogP contribution is -2.06. The van der Waals surface area contributed by atoms with Crippen molar-refractivity contribution in [3.05, 3.63) is 88.8 Å². The van der Waals surface area contributed by atoms with Gasteiger partial charge in [0.15, 0.2) is 0 Å². The molecule has 0 heterocycles. The van der Waals surface area contributed by atoms with E-state index in [0.717, 1.165) is 49.2 Å². The predicted molar refractivity (Wildman–Crippen MR) is 146 cm³/mol. The van der Waals surface area contributed by atoms with Gasteiger partial charge in [-0.05, 0) is 110 Å². The first-order chi connectivity index (χ1) is 18.2. The number of azo groups is 1. The first-order valence-electron chi connectivity index (χ1n) is 13.0. The van der Waals surface area contributed by atoms with E-state index in [1.54, 1.807) is 12.1 Å². The van der Waals surface area contributed by atoms with Gasteiger partial charge in [-0.25, -0.2) is 4.79 Å². The summed E-state index contributed by atoms with van der Waals surface area (Å²) in [5.74, 6) is 0.416. The fourth-order valence-electron chi connectivity index (χ4n) is 3.69. The molecule has 0 atom stereocenters. The topological polar surface area (TPSA) is 89.7 Å². The third-order valence-electron chi connectivity index (χ3n) is 5.87. The Morgan fingerprint density at radius 1 is 0.676 bits per heavy atom. The van der Waals surface area contributed by atoms with Gasteiger partial charge in [-0.1, -0.05) is 31.9 Å². The highest BCUT2D eigenvalue weighted by molar-refractivity contribution is 5.89. The molecule has 0 spiro atoms. The lowest BCUT2D eigenvalue weighted by Gasteiger charge is -2.07. The van der Waals surface area contributed by atoms with E-state index in [2.05, 4.69) is 34.5 Å². The minimum absolute atomic E-state index is 0.287. The van der Waals surface area contributed by atoms with Crippen LogP contribution in [0.3, 0.4) is 0 Å². The van der Waals surface area contributed by atoms with Crippen molar-refractivity contribution in [1.29, 1.82) is 0 Å². The van der Waals surface area contributed by atoms with Crippen LogP contribution in [-0.2, 0) is 11.2 Å². The number of nitroso groups, excluding NO2 is 1. The molecule has 0 aliphatic carbocycles. The van der Waals surface area contributed by atoms with Crippen LogP contribution in [0.4, 0.5) is 17.1 Å². The largest absolute Gasteiger partial charge is 0.494 e. The Kier molecular flexibility index (Phi) is 12.0. The van der Waals surface area contributed by atoms with Gasteiger partial charge in [-0.3, -0.25) is 0 Å². The Hall–Kier alpha value is -3.87. The van der Waals surface area contributed by atoms with Crippen molar-refractivity contribution in [2.45, 2.75) is 58.3 Å². The maximum Gasteiger partial charge on any atom is 0.338 e. The van der Waals surface area contributed by atoms with Crippen LogP contribution in [0.5, 0.6) is 5.75 Å². The number of benzene rings is 3. The number of aryl methyl sites for hydroxylation is 1. The van der Waals surface area contributed by atoms with Crippen molar-refractivity contribution in [1.82, 2.24) is 0 Å². The fraction of sp³-hybridized carbons (Fsp3) is 0.367. The van der Waals surface area contributed by atoms with E-state index in [9.17, 15) is 9.70 Å². The van der Waals surface area contributed by atoms with Gasteiger partial charge in [0.1, 0.15) is 11.4 Å². The molecule has 7 heteroatoms. The van der Waals surface area contributed by atoms with Gasteiger partial charge in [0.05, 0.1) is 30.2 Å². The third kappa shape index (κ3) is 10.3. The standard InChI is InChI=1S/C30H35N3O4/c1-2-3-6-9-24-10-14-26(15-11-24)31-32-27-18-20-29(21-19-27)36-22-7-4-5-8-23-37-30(34)25-12-16-28(33-35)17-13-25/h10-21H,2-9,22-23H2,1H3. The van der Waals surface area contributed by atoms with Gasteiger partial charge < -0.3 is 9.47 Å². The zero-order valence-corrected chi connectivity index (χ0v) is 21.5. The number of rotatable bonds is 16. The molecule has 3 rings (SSSR count). The zero-order chi connectivity index (χ0) is 26.1. The molecule has 0 saturated heterocycles. The summed E-state index contributed by atoms with van der Waals surface area (Å²) in [5.41, 5.74) is 3.68. The van der Waals surface area contributed by atoms with Crippen molar-refractivity contribution in [2.75, 3.05) is 13.2 Å². The summed E-state index contributed by atoms with van der Waals surface area (Å²) in [4.78, 5) is 22.4. The Morgan fingerprint density at radius 2 is 1.27 bits per heavy atom. The van der Waals surface area contributed by atoms with E-state index in [-0.39, 0.29) is 11.7 Å². The van der Waals surface area contributed by atoms with Crippen LogP contribution in [0.25, 0.3) is 0 Å². The number of carbonyl (C=O) groups is 1. The van der Waals surface area contributed by atoms with Gasteiger partial charge in [-0.15, -0.1) is 4.91 Å². The second kappa shape index (κ2) is 16.0. The minimum atomic E-state index is -0.389. The molecular formula is C30H35N3O4. The third-order valence-corrected chi connectivity index (χ3v) is 5.87. The molecule has 37 heavy (non-hydrogen) atoms. The maximum atomic E-state index is 12.0. The predicted octanol–water partition coefficient (Wildman–Crippen LogP) is 9.03. The van der Waals surface area contributed by atoms with E-state index in [1.165, 1.54) is 37.0 Å². The van der Waals surface area contributed by atoms with Gasteiger partial charge >= 0.3 is 5.97 Å². The zero-order valence-electron chi connectivity index (χ0n) is 21.5. The molecule has 0 aliphatic heterocycles. The summed E-state index contributed by atoms with van der Waals surface area (Å²) >= 11 is 0. The molecule has 194 valence electrons. The quantitative estimate of drug-likeness (QED) is 0.0847. The van der Waals surface area contributed by atoms with Crippen LogP contribution in [0.15, 0.2) is 88.2 Å². The highest BCUT2D eigenvalue weighted by Crippen LogP contribution is 2.22. The molecule has 0 bridgehead atoms. The molecule has 0 aromatic heterocycles. The molecule has 0 amide bonds. The Morgan fingerprint density at radius 3 is 1.89 bits per heavy atom. The van der Waals surface area contributed by atoms with E-state index in [1.807, 2.05) is 36.4 Å². The minimum Gasteiger partial charge on any atom is -0.494 e.